The van der Waals surface area contributed by atoms with Crippen molar-refractivity contribution in [3.05, 3.63) is 59.5 Å². The van der Waals surface area contributed by atoms with Crippen molar-refractivity contribution < 1.29 is 4.74 Å². The summed E-state index contributed by atoms with van der Waals surface area (Å²) in [5.41, 5.74) is 0.833. The van der Waals surface area contributed by atoms with E-state index in [1.807, 2.05) is 62.4 Å². The van der Waals surface area contributed by atoms with Gasteiger partial charge in [0.25, 0.3) is 0 Å². The normalized spacial score (nSPS) is 11.0. The molecule has 2 aromatic carbocycles. The Morgan fingerprint density at radius 3 is 2.43 bits per heavy atom. The van der Waals surface area contributed by atoms with E-state index >= 15 is 0 Å². The van der Waals surface area contributed by atoms with Crippen LogP contribution in [-0.4, -0.2) is 9.97 Å². The molecule has 1 heterocycles. The second-order valence-electron chi connectivity index (χ2n) is 5.12. The first-order valence-corrected chi connectivity index (χ1v) is 7.21. The SMILES string of the molecule is CC(C)c1nc(Cl)c2cc(Oc3ccccc3)ccc2n1. The highest BCUT2D eigenvalue weighted by Crippen LogP contribution is 2.29. The number of aromatic nitrogens is 2. The highest BCUT2D eigenvalue weighted by atomic mass is 35.5. The van der Waals surface area contributed by atoms with Crippen LogP contribution in [0.2, 0.25) is 5.15 Å². The molecule has 0 fully saturated rings. The van der Waals surface area contributed by atoms with Crippen LogP contribution in [0.5, 0.6) is 11.5 Å². The van der Waals surface area contributed by atoms with Gasteiger partial charge in [0.05, 0.1) is 5.52 Å². The molecule has 4 heteroatoms. The fourth-order valence-electron chi connectivity index (χ4n) is 2.03. The van der Waals surface area contributed by atoms with E-state index in [0.717, 1.165) is 28.2 Å². The number of ether oxygens (including phenoxy) is 1. The molecule has 0 unspecified atom stereocenters. The maximum Gasteiger partial charge on any atom is 0.140 e. The van der Waals surface area contributed by atoms with Crippen molar-refractivity contribution in [3.63, 3.8) is 0 Å². The first-order chi connectivity index (χ1) is 10.1. The van der Waals surface area contributed by atoms with Crippen LogP contribution < -0.4 is 4.74 Å². The van der Waals surface area contributed by atoms with E-state index in [4.69, 9.17) is 16.3 Å². The molecule has 0 aliphatic heterocycles. The summed E-state index contributed by atoms with van der Waals surface area (Å²) >= 11 is 6.27. The maximum absolute atomic E-state index is 6.27. The molecule has 0 N–H and O–H groups in total. The fraction of sp³-hybridized carbons (Fsp3) is 0.176. The Morgan fingerprint density at radius 1 is 0.952 bits per heavy atom. The van der Waals surface area contributed by atoms with Gasteiger partial charge in [-0.05, 0) is 30.3 Å². The molecule has 0 saturated heterocycles. The first kappa shape index (κ1) is 13.8. The molecule has 0 aliphatic rings. The zero-order valence-corrected chi connectivity index (χ0v) is 12.6. The molecule has 0 radical (unpaired) electrons. The summed E-state index contributed by atoms with van der Waals surface area (Å²) in [7, 11) is 0. The highest BCUT2D eigenvalue weighted by Gasteiger charge is 2.10. The van der Waals surface area contributed by atoms with Gasteiger partial charge in [-0.25, -0.2) is 9.97 Å². The number of benzene rings is 2. The number of nitrogens with zero attached hydrogens (tertiary/aromatic N) is 2. The molecule has 1 aromatic heterocycles. The zero-order chi connectivity index (χ0) is 14.8. The molecule has 0 bridgehead atoms. The summed E-state index contributed by atoms with van der Waals surface area (Å²) < 4.78 is 5.80. The van der Waals surface area contributed by atoms with Crippen LogP contribution in [0.4, 0.5) is 0 Å². The van der Waals surface area contributed by atoms with Crippen LogP contribution in [0.3, 0.4) is 0 Å². The Morgan fingerprint density at radius 2 is 1.71 bits per heavy atom. The molecule has 3 nitrogen and oxygen atoms in total. The van der Waals surface area contributed by atoms with E-state index in [1.54, 1.807) is 0 Å². The lowest BCUT2D eigenvalue weighted by Crippen LogP contribution is -1.98. The van der Waals surface area contributed by atoms with Crippen molar-refractivity contribution in [1.29, 1.82) is 0 Å². The van der Waals surface area contributed by atoms with Gasteiger partial charge >= 0.3 is 0 Å². The van der Waals surface area contributed by atoms with Gasteiger partial charge in [-0.1, -0.05) is 43.6 Å². The van der Waals surface area contributed by atoms with Crippen molar-refractivity contribution >= 4 is 22.5 Å². The second-order valence-corrected chi connectivity index (χ2v) is 5.48. The molecule has 106 valence electrons. The second kappa shape index (κ2) is 5.70. The Bertz CT molecular complexity index is 772. The van der Waals surface area contributed by atoms with Crippen LogP contribution in [0, 0.1) is 0 Å². The standard InChI is InChI=1S/C17H15ClN2O/c1-11(2)17-19-15-9-8-13(10-14(15)16(18)20-17)21-12-6-4-3-5-7-12/h3-11H,1-2H3. The quantitative estimate of drug-likeness (QED) is 0.623. The molecule has 3 rings (SSSR count). The average Bonchev–Trinajstić information content (AvgIpc) is 2.48. The third kappa shape index (κ3) is 2.98. The molecule has 0 aliphatic carbocycles. The Hall–Kier alpha value is -2.13. The summed E-state index contributed by atoms with van der Waals surface area (Å²) in [6, 6.07) is 15.3. The maximum atomic E-state index is 6.27. The zero-order valence-electron chi connectivity index (χ0n) is 11.9. The monoisotopic (exact) mass is 298 g/mol. The Balaban J connectivity index is 2.00. The predicted octanol–water partition coefficient (Wildman–Crippen LogP) is 5.20. The highest BCUT2D eigenvalue weighted by molar-refractivity contribution is 6.34. The molecule has 0 amide bonds. The topological polar surface area (TPSA) is 35.0 Å². The number of hydrogen-bond acceptors (Lipinski definition) is 3. The number of hydrogen-bond donors (Lipinski definition) is 0. The minimum atomic E-state index is 0.243. The largest absolute Gasteiger partial charge is 0.457 e. The molecule has 0 saturated carbocycles. The van der Waals surface area contributed by atoms with Gasteiger partial charge in [-0.2, -0.15) is 0 Å². The average molecular weight is 299 g/mol. The minimum Gasteiger partial charge on any atom is -0.457 e. The van der Waals surface area contributed by atoms with E-state index in [1.165, 1.54) is 0 Å². The predicted molar refractivity (Wildman–Crippen MR) is 85.2 cm³/mol. The summed E-state index contributed by atoms with van der Waals surface area (Å²) in [6.07, 6.45) is 0. The molecule has 21 heavy (non-hydrogen) atoms. The van der Waals surface area contributed by atoms with Crippen LogP contribution >= 0.6 is 11.6 Å². The number of rotatable bonds is 3. The van der Waals surface area contributed by atoms with Gasteiger partial charge in [0.1, 0.15) is 22.5 Å². The van der Waals surface area contributed by atoms with Gasteiger partial charge in [0, 0.05) is 11.3 Å². The van der Waals surface area contributed by atoms with Gasteiger partial charge in [-0.15, -0.1) is 0 Å². The van der Waals surface area contributed by atoms with Crippen LogP contribution in [0.15, 0.2) is 48.5 Å². The fourth-order valence-corrected chi connectivity index (χ4v) is 2.27. The van der Waals surface area contributed by atoms with Gasteiger partial charge in [0.2, 0.25) is 0 Å². The number of para-hydroxylation sites is 1. The van der Waals surface area contributed by atoms with Crippen LogP contribution in [-0.2, 0) is 0 Å². The first-order valence-electron chi connectivity index (χ1n) is 6.83. The molecule has 0 atom stereocenters. The van der Waals surface area contributed by atoms with Gasteiger partial charge in [-0.3, -0.25) is 0 Å². The van der Waals surface area contributed by atoms with Crippen molar-refractivity contribution in [2.45, 2.75) is 19.8 Å². The molecular formula is C17H15ClN2O. The smallest absolute Gasteiger partial charge is 0.140 e. The van der Waals surface area contributed by atoms with Crippen molar-refractivity contribution in [1.82, 2.24) is 9.97 Å². The third-order valence-electron chi connectivity index (χ3n) is 3.13. The Kier molecular flexibility index (Phi) is 3.76. The molecule has 0 spiro atoms. The van der Waals surface area contributed by atoms with E-state index in [9.17, 15) is 0 Å². The lowest BCUT2D eigenvalue weighted by atomic mass is 10.2. The lowest BCUT2D eigenvalue weighted by Gasteiger charge is -2.09. The summed E-state index contributed by atoms with van der Waals surface area (Å²) in [5.74, 6) is 2.50. The van der Waals surface area contributed by atoms with Crippen molar-refractivity contribution in [2.24, 2.45) is 0 Å². The van der Waals surface area contributed by atoms with Gasteiger partial charge in [0.15, 0.2) is 0 Å². The Labute approximate surface area is 128 Å². The summed E-state index contributed by atoms with van der Waals surface area (Å²) in [5, 5.41) is 1.26. The summed E-state index contributed by atoms with van der Waals surface area (Å²) in [4.78, 5) is 8.88. The van der Waals surface area contributed by atoms with E-state index in [0.29, 0.717) is 5.15 Å². The summed E-state index contributed by atoms with van der Waals surface area (Å²) in [6.45, 7) is 4.09. The van der Waals surface area contributed by atoms with Crippen LogP contribution in [0.1, 0.15) is 25.6 Å². The van der Waals surface area contributed by atoms with E-state index < -0.39 is 0 Å². The van der Waals surface area contributed by atoms with Crippen molar-refractivity contribution in [2.75, 3.05) is 0 Å². The minimum absolute atomic E-state index is 0.243. The molecule has 3 aromatic rings. The van der Waals surface area contributed by atoms with E-state index in [-0.39, 0.29) is 5.92 Å². The number of fused-ring (bicyclic) bond motifs is 1. The third-order valence-corrected chi connectivity index (χ3v) is 3.42. The lowest BCUT2D eigenvalue weighted by molar-refractivity contribution is 0.483. The van der Waals surface area contributed by atoms with Gasteiger partial charge < -0.3 is 4.74 Å². The van der Waals surface area contributed by atoms with E-state index in [2.05, 4.69) is 9.97 Å². The van der Waals surface area contributed by atoms with Crippen LogP contribution in [0.25, 0.3) is 10.9 Å². The number of halogens is 1. The van der Waals surface area contributed by atoms with Crippen molar-refractivity contribution in [3.8, 4) is 11.5 Å². The molecular weight excluding hydrogens is 284 g/mol.